The molecule has 0 bridgehead atoms. The minimum Gasteiger partial charge on any atom is -0.376 e. The highest BCUT2D eigenvalue weighted by Crippen LogP contribution is 2.13. The Bertz CT molecular complexity index is 378. The van der Waals surface area contributed by atoms with Crippen LogP contribution in [0.5, 0.6) is 0 Å². The predicted molar refractivity (Wildman–Crippen MR) is 59.8 cm³/mol. The van der Waals surface area contributed by atoms with Crippen molar-refractivity contribution in [2.75, 3.05) is 13.2 Å². The number of nitrogens with zero attached hydrogens (tertiary/aromatic N) is 1. The fourth-order valence-corrected chi connectivity index (χ4v) is 1.81. The minimum atomic E-state index is 0.263. The molecule has 0 N–H and O–H groups in total. The third-order valence-corrected chi connectivity index (χ3v) is 2.65. The highest BCUT2D eigenvalue weighted by molar-refractivity contribution is 5.32. The van der Waals surface area contributed by atoms with E-state index >= 15 is 0 Å². The van der Waals surface area contributed by atoms with Gasteiger partial charge in [0.15, 0.2) is 0 Å². The first-order chi connectivity index (χ1) is 7.88. The first-order valence-corrected chi connectivity index (χ1v) is 5.57. The van der Waals surface area contributed by atoms with Crippen molar-refractivity contribution in [3.05, 3.63) is 35.4 Å². The standard InChI is InChI=1S/C13H15NO2/c14-8-11-3-1-4-12(7-11)9-15-10-13-5-2-6-16-13/h1,3-4,7,13H,2,5-6,9-10H2. The van der Waals surface area contributed by atoms with Crippen LogP contribution < -0.4 is 0 Å². The van der Waals surface area contributed by atoms with Crippen LogP contribution in [0.1, 0.15) is 24.0 Å². The minimum absolute atomic E-state index is 0.263. The molecule has 0 saturated carbocycles. The molecule has 16 heavy (non-hydrogen) atoms. The van der Waals surface area contributed by atoms with E-state index in [9.17, 15) is 0 Å². The summed E-state index contributed by atoms with van der Waals surface area (Å²) in [5, 5.41) is 8.75. The van der Waals surface area contributed by atoms with Gasteiger partial charge < -0.3 is 9.47 Å². The Hall–Kier alpha value is -1.37. The highest BCUT2D eigenvalue weighted by atomic mass is 16.5. The molecule has 3 heteroatoms. The Kier molecular flexibility index (Phi) is 3.92. The van der Waals surface area contributed by atoms with Crippen molar-refractivity contribution < 1.29 is 9.47 Å². The molecule has 0 aliphatic carbocycles. The summed E-state index contributed by atoms with van der Waals surface area (Å²) in [6.07, 6.45) is 2.50. The Morgan fingerprint density at radius 1 is 1.50 bits per heavy atom. The maximum Gasteiger partial charge on any atom is 0.0991 e. The highest BCUT2D eigenvalue weighted by Gasteiger charge is 2.15. The van der Waals surface area contributed by atoms with Crippen LogP contribution in [0.25, 0.3) is 0 Å². The van der Waals surface area contributed by atoms with Crippen LogP contribution >= 0.6 is 0 Å². The Morgan fingerprint density at radius 2 is 2.44 bits per heavy atom. The maximum absolute atomic E-state index is 8.75. The molecule has 1 unspecified atom stereocenters. The number of ether oxygens (including phenoxy) is 2. The lowest BCUT2D eigenvalue weighted by atomic mass is 10.1. The fraction of sp³-hybridized carbons (Fsp3) is 0.462. The second-order valence-electron chi connectivity index (χ2n) is 3.96. The van der Waals surface area contributed by atoms with E-state index in [4.69, 9.17) is 14.7 Å². The van der Waals surface area contributed by atoms with Gasteiger partial charge in [-0.1, -0.05) is 12.1 Å². The Morgan fingerprint density at radius 3 is 3.19 bits per heavy atom. The quantitative estimate of drug-likeness (QED) is 0.776. The Labute approximate surface area is 95.6 Å². The van der Waals surface area contributed by atoms with Gasteiger partial charge >= 0.3 is 0 Å². The van der Waals surface area contributed by atoms with Gasteiger partial charge in [-0.25, -0.2) is 0 Å². The van der Waals surface area contributed by atoms with Crippen molar-refractivity contribution in [2.24, 2.45) is 0 Å². The molecule has 1 heterocycles. The molecule has 0 radical (unpaired) electrons. The third kappa shape index (κ3) is 3.06. The molecule has 1 fully saturated rings. The smallest absolute Gasteiger partial charge is 0.0991 e. The number of rotatable bonds is 4. The lowest BCUT2D eigenvalue weighted by Gasteiger charge is -2.10. The molecule has 1 atom stereocenters. The Balaban J connectivity index is 1.78. The van der Waals surface area contributed by atoms with Crippen LogP contribution in [-0.2, 0) is 16.1 Å². The van der Waals surface area contributed by atoms with Gasteiger partial charge in [-0.05, 0) is 30.5 Å². The zero-order valence-electron chi connectivity index (χ0n) is 9.19. The van der Waals surface area contributed by atoms with Gasteiger partial charge in [0.1, 0.15) is 0 Å². The average molecular weight is 217 g/mol. The first-order valence-electron chi connectivity index (χ1n) is 5.57. The van der Waals surface area contributed by atoms with Gasteiger partial charge in [-0.2, -0.15) is 5.26 Å². The van der Waals surface area contributed by atoms with Crippen molar-refractivity contribution in [1.29, 1.82) is 5.26 Å². The van der Waals surface area contributed by atoms with Crippen LogP contribution in [0.2, 0.25) is 0 Å². The topological polar surface area (TPSA) is 42.2 Å². The number of nitriles is 1. The molecule has 3 nitrogen and oxygen atoms in total. The maximum atomic E-state index is 8.75. The normalized spacial score (nSPS) is 19.6. The zero-order valence-corrected chi connectivity index (χ0v) is 9.19. The van der Waals surface area contributed by atoms with Crippen molar-refractivity contribution in [3.63, 3.8) is 0 Å². The molecule has 1 aromatic carbocycles. The lowest BCUT2D eigenvalue weighted by molar-refractivity contribution is 0.0106. The molecule has 1 aliphatic heterocycles. The summed E-state index contributed by atoms with van der Waals surface area (Å²) in [4.78, 5) is 0. The van der Waals surface area contributed by atoms with Crippen molar-refractivity contribution in [1.82, 2.24) is 0 Å². The number of benzene rings is 1. The fourth-order valence-electron chi connectivity index (χ4n) is 1.81. The van der Waals surface area contributed by atoms with Gasteiger partial charge in [0, 0.05) is 6.61 Å². The van der Waals surface area contributed by atoms with Crippen LogP contribution in [0.4, 0.5) is 0 Å². The largest absolute Gasteiger partial charge is 0.376 e. The lowest BCUT2D eigenvalue weighted by Crippen LogP contribution is -2.13. The zero-order chi connectivity index (χ0) is 11.2. The SMILES string of the molecule is N#Cc1cccc(COCC2CCCO2)c1. The van der Waals surface area contributed by atoms with Crippen molar-refractivity contribution in [3.8, 4) is 6.07 Å². The molecule has 1 aromatic rings. The monoisotopic (exact) mass is 217 g/mol. The van der Waals surface area contributed by atoms with E-state index in [1.165, 1.54) is 0 Å². The summed E-state index contributed by atoms with van der Waals surface area (Å²) >= 11 is 0. The van der Waals surface area contributed by atoms with Gasteiger partial charge in [0.2, 0.25) is 0 Å². The van der Waals surface area contributed by atoms with Gasteiger partial charge in [-0.3, -0.25) is 0 Å². The second kappa shape index (κ2) is 5.64. The summed E-state index contributed by atoms with van der Waals surface area (Å²) in [5.41, 5.74) is 1.72. The van der Waals surface area contributed by atoms with E-state index in [0.29, 0.717) is 18.8 Å². The summed E-state index contributed by atoms with van der Waals surface area (Å²) in [6.45, 7) is 2.06. The molecule has 2 rings (SSSR count). The first kappa shape index (κ1) is 11.1. The van der Waals surface area contributed by atoms with Crippen LogP contribution in [0.15, 0.2) is 24.3 Å². The van der Waals surface area contributed by atoms with Crippen LogP contribution in [-0.4, -0.2) is 19.3 Å². The summed E-state index contributed by atoms with van der Waals surface area (Å²) in [6, 6.07) is 9.62. The van der Waals surface area contributed by atoms with E-state index in [2.05, 4.69) is 6.07 Å². The van der Waals surface area contributed by atoms with Crippen LogP contribution in [0, 0.1) is 11.3 Å². The molecule has 1 aliphatic rings. The molecule has 0 amide bonds. The van der Waals surface area contributed by atoms with Gasteiger partial charge in [-0.15, -0.1) is 0 Å². The van der Waals surface area contributed by atoms with E-state index in [0.717, 1.165) is 25.0 Å². The van der Waals surface area contributed by atoms with Crippen molar-refractivity contribution >= 4 is 0 Å². The number of hydrogen-bond donors (Lipinski definition) is 0. The molecule has 0 spiro atoms. The summed E-state index contributed by atoms with van der Waals surface area (Å²) in [7, 11) is 0. The van der Waals surface area contributed by atoms with Crippen molar-refractivity contribution in [2.45, 2.75) is 25.6 Å². The van der Waals surface area contributed by atoms with E-state index in [1.807, 2.05) is 18.2 Å². The average Bonchev–Trinajstić information content (AvgIpc) is 2.82. The second-order valence-corrected chi connectivity index (χ2v) is 3.96. The van der Waals surface area contributed by atoms with E-state index in [-0.39, 0.29) is 6.10 Å². The van der Waals surface area contributed by atoms with E-state index in [1.54, 1.807) is 6.07 Å². The molecular formula is C13H15NO2. The molecule has 84 valence electrons. The summed E-state index contributed by atoms with van der Waals surface area (Å²) < 4.78 is 11.0. The van der Waals surface area contributed by atoms with Gasteiger partial charge in [0.25, 0.3) is 0 Å². The predicted octanol–water partition coefficient (Wildman–Crippen LogP) is 2.25. The third-order valence-electron chi connectivity index (χ3n) is 2.65. The van der Waals surface area contributed by atoms with Gasteiger partial charge in [0.05, 0.1) is 31.0 Å². The number of hydrogen-bond acceptors (Lipinski definition) is 3. The summed E-state index contributed by atoms with van der Waals surface area (Å²) in [5.74, 6) is 0. The van der Waals surface area contributed by atoms with E-state index < -0.39 is 0 Å². The molecular weight excluding hydrogens is 202 g/mol. The molecule has 1 saturated heterocycles. The van der Waals surface area contributed by atoms with Crippen LogP contribution in [0.3, 0.4) is 0 Å². The molecule has 0 aromatic heterocycles.